The molecule has 1 N–H and O–H groups in total. The minimum Gasteiger partial charge on any atom is -0.494 e. The van der Waals surface area contributed by atoms with Gasteiger partial charge in [0.05, 0.1) is 12.3 Å². The van der Waals surface area contributed by atoms with Gasteiger partial charge in [0.1, 0.15) is 5.75 Å². The van der Waals surface area contributed by atoms with Crippen LogP contribution in [0.15, 0.2) is 54.9 Å². The van der Waals surface area contributed by atoms with Crippen molar-refractivity contribution in [2.24, 2.45) is 0 Å². The van der Waals surface area contributed by atoms with Gasteiger partial charge in [-0.05, 0) is 31.2 Å². The molecule has 4 nitrogen and oxygen atoms in total. The molecule has 1 aromatic carbocycles. The van der Waals surface area contributed by atoms with Gasteiger partial charge in [-0.3, -0.25) is 10.1 Å². The number of ether oxygens (including phenoxy) is 1. The Morgan fingerprint density at radius 2 is 1.90 bits per heavy atom. The standard InChI is InChI=1S/C17H17N3O/c1-2-21-17-6-4-3-5-14(17)11-15-12-16(20-19-15)13-7-9-18-10-8-13/h3-10,12H,2,11H2,1H3,(H,19,20). The summed E-state index contributed by atoms with van der Waals surface area (Å²) in [5, 5.41) is 7.46. The van der Waals surface area contributed by atoms with Gasteiger partial charge in [-0.25, -0.2) is 0 Å². The average Bonchev–Trinajstić information content (AvgIpc) is 2.99. The zero-order valence-corrected chi connectivity index (χ0v) is 11.9. The smallest absolute Gasteiger partial charge is 0.122 e. The lowest BCUT2D eigenvalue weighted by Gasteiger charge is -2.08. The zero-order valence-electron chi connectivity index (χ0n) is 11.9. The van der Waals surface area contributed by atoms with Gasteiger partial charge in [-0.2, -0.15) is 5.10 Å². The first-order valence-corrected chi connectivity index (χ1v) is 7.02. The second-order valence-corrected chi connectivity index (χ2v) is 4.73. The molecule has 0 radical (unpaired) electrons. The third kappa shape index (κ3) is 3.11. The lowest BCUT2D eigenvalue weighted by molar-refractivity contribution is 0.337. The maximum atomic E-state index is 5.66. The molecule has 0 aliphatic rings. The van der Waals surface area contributed by atoms with E-state index in [1.165, 1.54) is 0 Å². The van der Waals surface area contributed by atoms with Gasteiger partial charge in [0.25, 0.3) is 0 Å². The van der Waals surface area contributed by atoms with Crippen molar-refractivity contribution in [3.8, 4) is 17.0 Å². The molecule has 2 heterocycles. The molecule has 0 amide bonds. The van der Waals surface area contributed by atoms with E-state index in [2.05, 4.69) is 27.3 Å². The molecule has 0 aliphatic heterocycles. The molecular weight excluding hydrogens is 262 g/mol. The van der Waals surface area contributed by atoms with E-state index in [1.54, 1.807) is 12.4 Å². The third-order valence-corrected chi connectivity index (χ3v) is 3.26. The molecule has 0 atom stereocenters. The number of benzene rings is 1. The van der Waals surface area contributed by atoms with E-state index < -0.39 is 0 Å². The normalized spacial score (nSPS) is 10.5. The van der Waals surface area contributed by atoms with Crippen molar-refractivity contribution in [3.05, 3.63) is 66.1 Å². The fourth-order valence-electron chi connectivity index (χ4n) is 2.27. The molecule has 0 saturated carbocycles. The topological polar surface area (TPSA) is 50.8 Å². The molecule has 0 spiro atoms. The molecule has 0 unspecified atom stereocenters. The second-order valence-electron chi connectivity index (χ2n) is 4.73. The number of aromatic nitrogens is 3. The first-order chi connectivity index (χ1) is 10.4. The van der Waals surface area contributed by atoms with E-state index in [-0.39, 0.29) is 0 Å². The van der Waals surface area contributed by atoms with Crippen LogP contribution in [0.2, 0.25) is 0 Å². The molecule has 21 heavy (non-hydrogen) atoms. The molecule has 2 aromatic heterocycles. The highest BCUT2D eigenvalue weighted by molar-refractivity contribution is 5.58. The minimum atomic E-state index is 0.669. The summed E-state index contributed by atoms with van der Waals surface area (Å²) >= 11 is 0. The average molecular weight is 279 g/mol. The molecule has 3 rings (SSSR count). The number of hydrogen-bond donors (Lipinski definition) is 1. The Morgan fingerprint density at radius 3 is 2.71 bits per heavy atom. The van der Waals surface area contributed by atoms with E-state index in [9.17, 15) is 0 Å². The zero-order chi connectivity index (χ0) is 14.5. The summed E-state index contributed by atoms with van der Waals surface area (Å²) in [4.78, 5) is 4.02. The van der Waals surface area contributed by atoms with Crippen LogP contribution >= 0.6 is 0 Å². The van der Waals surface area contributed by atoms with E-state index >= 15 is 0 Å². The Balaban J connectivity index is 1.82. The summed E-state index contributed by atoms with van der Waals surface area (Å²) in [5.41, 5.74) is 4.21. The summed E-state index contributed by atoms with van der Waals surface area (Å²) in [6, 6.07) is 14.1. The van der Waals surface area contributed by atoms with E-state index in [0.717, 1.165) is 34.7 Å². The molecule has 0 fully saturated rings. The highest BCUT2D eigenvalue weighted by Crippen LogP contribution is 2.23. The van der Waals surface area contributed by atoms with Crippen LogP contribution in [-0.4, -0.2) is 21.8 Å². The predicted octanol–water partition coefficient (Wildman–Crippen LogP) is 3.46. The lowest BCUT2D eigenvalue weighted by atomic mass is 10.1. The molecule has 0 saturated heterocycles. The maximum absolute atomic E-state index is 5.66. The van der Waals surface area contributed by atoms with Crippen molar-refractivity contribution in [1.82, 2.24) is 15.2 Å². The Hall–Kier alpha value is -2.62. The molecule has 4 heteroatoms. The highest BCUT2D eigenvalue weighted by Gasteiger charge is 2.07. The number of H-pyrrole nitrogens is 1. The fraction of sp³-hybridized carbons (Fsp3) is 0.176. The Morgan fingerprint density at radius 1 is 1.10 bits per heavy atom. The van der Waals surface area contributed by atoms with Crippen LogP contribution in [-0.2, 0) is 6.42 Å². The first-order valence-electron chi connectivity index (χ1n) is 7.02. The quantitative estimate of drug-likeness (QED) is 0.778. The van der Waals surface area contributed by atoms with Gasteiger partial charge in [0.2, 0.25) is 0 Å². The van der Waals surface area contributed by atoms with Gasteiger partial charge < -0.3 is 4.74 Å². The monoisotopic (exact) mass is 279 g/mol. The third-order valence-electron chi connectivity index (χ3n) is 3.26. The Bertz CT molecular complexity index is 707. The van der Waals surface area contributed by atoms with E-state index in [0.29, 0.717) is 6.61 Å². The summed E-state index contributed by atoms with van der Waals surface area (Å²) in [5.74, 6) is 0.931. The van der Waals surface area contributed by atoms with Crippen molar-refractivity contribution in [3.63, 3.8) is 0 Å². The van der Waals surface area contributed by atoms with Crippen molar-refractivity contribution < 1.29 is 4.74 Å². The van der Waals surface area contributed by atoms with E-state index in [1.807, 2.05) is 37.3 Å². The van der Waals surface area contributed by atoms with Gasteiger partial charge in [0.15, 0.2) is 0 Å². The number of pyridine rings is 1. The van der Waals surface area contributed by atoms with Crippen LogP contribution in [0.1, 0.15) is 18.2 Å². The molecule has 0 bridgehead atoms. The molecule has 3 aromatic rings. The van der Waals surface area contributed by atoms with Crippen LogP contribution in [0.4, 0.5) is 0 Å². The van der Waals surface area contributed by atoms with Crippen molar-refractivity contribution in [2.45, 2.75) is 13.3 Å². The van der Waals surface area contributed by atoms with Crippen LogP contribution < -0.4 is 4.74 Å². The van der Waals surface area contributed by atoms with Gasteiger partial charge in [-0.1, -0.05) is 18.2 Å². The molecule has 0 aliphatic carbocycles. The number of nitrogens with zero attached hydrogens (tertiary/aromatic N) is 2. The van der Waals surface area contributed by atoms with Crippen LogP contribution in [0.25, 0.3) is 11.3 Å². The largest absolute Gasteiger partial charge is 0.494 e. The van der Waals surface area contributed by atoms with Crippen LogP contribution in [0, 0.1) is 0 Å². The van der Waals surface area contributed by atoms with E-state index in [4.69, 9.17) is 4.74 Å². The van der Waals surface area contributed by atoms with Gasteiger partial charge in [0, 0.05) is 35.6 Å². The highest BCUT2D eigenvalue weighted by atomic mass is 16.5. The number of para-hydroxylation sites is 1. The first kappa shape index (κ1) is 13.4. The predicted molar refractivity (Wildman–Crippen MR) is 82.2 cm³/mol. The molecule has 106 valence electrons. The van der Waals surface area contributed by atoms with Crippen molar-refractivity contribution >= 4 is 0 Å². The Kier molecular flexibility index (Phi) is 3.96. The fourth-order valence-corrected chi connectivity index (χ4v) is 2.27. The lowest BCUT2D eigenvalue weighted by Crippen LogP contribution is -1.97. The van der Waals surface area contributed by atoms with Crippen molar-refractivity contribution in [1.29, 1.82) is 0 Å². The summed E-state index contributed by atoms with van der Waals surface area (Å²) in [7, 11) is 0. The summed E-state index contributed by atoms with van der Waals surface area (Å²) < 4.78 is 5.66. The van der Waals surface area contributed by atoms with Gasteiger partial charge in [-0.15, -0.1) is 0 Å². The number of nitrogens with one attached hydrogen (secondary N) is 1. The number of aromatic amines is 1. The number of hydrogen-bond acceptors (Lipinski definition) is 3. The second kappa shape index (κ2) is 6.22. The maximum Gasteiger partial charge on any atom is 0.122 e. The molecular formula is C17H17N3O. The SMILES string of the molecule is CCOc1ccccc1Cc1cc(-c2ccncc2)n[nH]1. The van der Waals surface area contributed by atoms with Gasteiger partial charge >= 0.3 is 0 Å². The van der Waals surface area contributed by atoms with Crippen LogP contribution in [0.5, 0.6) is 5.75 Å². The Labute approximate surface area is 123 Å². The minimum absolute atomic E-state index is 0.669. The van der Waals surface area contributed by atoms with Crippen molar-refractivity contribution in [2.75, 3.05) is 6.61 Å². The van der Waals surface area contributed by atoms with Crippen LogP contribution in [0.3, 0.4) is 0 Å². The summed E-state index contributed by atoms with van der Waals surface area (Å²) in [6.45, 7) is 2.66. The summed E-state index contributed by atoms with van der Waals surface area (Å²) in [6.07, 6.45) is 4.32. The number of rotatable bonds is 5.